The van der Waals surface area contributed by atoms with Crippen molar-refractivity contribution in [1.29, 1.82) is 0 Å². The first-order chi connectivity index (χ1) is 7.44. The van der Waals surface area contributed by atoms with Crippen molar-refractivity contribution in [3.63, 3.8) is 0 Å². The molecule has 0 heterocycles. The first-order valence-corrected chi connectivity index (χ1v) is 6.49. The van der Waals surface area contributed by atoms with Crippen LogP contribution in [0, 0.1) is 0 Å². The highest BCUT2D eigenvalue weighted by molar-refractivity contribution is 7.51. The molecule has 0 aliphatic rings. The largest absolute Gasteiger partial charge is 0.478 e. The highest BCUT2D eigenvalue weighted by Crippen LogP contribution is 2.45. The molecule has 0 saturated carbocycles. The van der Waals surface area contributed by atoms with Crippen molar-refractivity contribution >= 4 is 13.6 Å². The predicted molar refractivity (Wildman–Crippen MR) is 58.6 cm³/mol. The third-order valence-electron chi connectivity index (χ3n) is 1.89. The van der Waals surface area contributed by atoms with Crippen LogP contribution in [0.1, 0.15) is 22.8 Å². The lowest BCUT2D eigenvalue weighted by Crippen LogP contribution is -1.98. The fourth-order valence-corrected chi connectivity index (χ4v) is 2.43. The van der Waals surface area contributed by atoms with E-state index in [1.807, 2.05) is 0 Å². The third kappa shape index (κ3) is 3.77. The number of carboxylic acids is 1. The Morgan fingerprint density at radius 3 is 2.75 bits per heavy atom. The molecule has 0 amide bonds. The summed E-state index contributed by atoms with van der Waals surface area (Å²) < 4.78 is 16.1. The molecule has 2 N–H and O–H groups in total. The Bertz CT molecular complexity index is 429. The lowest BCUT2D eigenvalue weighted by atomic mass is 10.1. The quantitative estimate of drug-likeness (QED) is 0.775. The molecule has 1 unspecified atom stereocenters. The lowest BCUT2D eigenvalue weighted by Gasteiger charge is -2.10. The van der Waals surface area contributed by atoms with Crippen LogP contribution in [0.3, 0.4) is 0 Å². The molecule has 1 aromatic rings. The van der Waals surface area contributed by atoms with Crippen LogP contribution in [-0.2, 0) is 15.3 Å². The van der Waals surface area contributed by atoms with Crippen LogP contribution in [0.4, 0.5) is 0 Å². The summed E-state index contributed by atoms with van der Waals surface area (Å²) in [6.07, 6.45) is -0.179. The van der Waals surface area contributed by atoms with E-state index in [1.165, 1.54) is 18.2 Å². The molecule has 88 valence electrons. The highest BCUT2D eigenvalue weighted by Gasteiger charge is 2.19. The van der Waals surface area contributed by atoms with Crippen molar-refractivity contribution in [3.8, 4) is 0 Å². The zero-order valence-corrected chi connectivity index (χ0v) is 9.68. The van der Waals surface area contributed by atoms with Crippen LogP contribution in [0.5, 0.6) is 0 Å². The van der Waals surface area contributed by atoms with Gasteiger partial charge in [-0.05, 0) is 24.6 Å². The van der Waals surface area contributed by atoms with Crippen LogP contribution in [0.15, 0.2) is 24.3 Å². The second-order valence-corrected chi connectivity index (χ2v) is 5.07. The van der Waals surface area contributed by atoms with Crippen molar-refractivity contribution in [3.05, 3.63) is 35.4 Å². The van der Waals surface area contributed by atoms with Gasteiger partial charge in [0.2, 0.25) is 0 Å². The molecule has 16 heavy (non-hydrogen) atoms. The van der Waals surface area contributed by atoms with E-state index < -0.39 is 13.6 Å². The SMILES string of the molecule is CCOP(=O)(O)Cc1cccc(C(=O)O)c1. The third-order valence-corrected chi connectivity index (χ3v) is 3.31. The van der Waals surface area contributed by atoms with Gasteiger partial charge in [-0.2, -0.15) is 0 Å². The second kappa shape index (κ2) is 5.25. The highest BCUT2D eigenvalue weighted by atomic mass is 31.2. The minimum atomic E-state index is -3.66. The molecule has 0 fully saturated rings. The zero-order valence-electron chi connectivity index (χ0n) is 8.79. The average molecular weight is 244 g/mol. The van der Waals surface area contributed by atoms with Gasteiger partial charge < -0.3 is 14.5 Å². The minimum absolute atomic E-state index is 0.0917. The van der Waals surface area contributed by atoms with E-state index in [9.17, 15) is 14.3 Å². The molecule has 6 heteroatoms. The monoisotopic (exact) mass is 244 g/mol. The van der Waals surface area contributed by atoms with E-state index >= 15 is 0 Å². The Morgan fingerprint density at radius 1 is 1.50 bits per heavy atom. The summed E-state index contributed by atoms with van der Waals surface area (Å²) in [4.78, 5) is 20.1. The van der Waals surface area contributed by atoms with E-state index in [1.54, 1.807) is 13.0 Å². The summed E-state index contributed by atoms with van der Waals surface area (Å²) >= 11 is 0. The van der Waals surface area contributed by atoms with Gasteiger partial charge in [0.1, 0.15) is 0 Å². The van der Waals surface area contributed by atoms with Crippen molar-refractivity contribution in [1.82, 2.24) is 0 Å². The van der Waals surface area contributed by atoms with Crippen LogP contribution in [0.25, 0.3) is 0 Å². The van der Waals surface area contributed by atoms with Crippen LogP contribution in [0.2, 0.25) is 0 Å². The van der Waals surface area contributed by atoms with Crippen molar-refractivity contribution < 1.29 is 23.9 Å². The minimum Gasteiger partial charge on any atom is -0.478 e. The Balaban J connectivity index is 2.85. The molecule has 1 atom stereocenters. The van der Waals surface area contributed by atoms with E-state index in [0.29, 0.717) is 5.56 Å². The summed E-state index contributed by atoms with van der Waals surface area (Å²) in [6.45, 7) is 1.77. The van der Waals surface area contributed by atoms with Gasteiger partial charge in [-0.3, -0.25) is 4.57 Å². The number of aromatic carboxylic acids is 1. The maximum absolute atomic E-state index is 11.5. The number of hydrogen-bond donors (Lipinski definition) is 2. The van der Waals surface area contributed by atoms with Gasteiger partial charge >= 0.3 is 13.6 Å². The van der Waals surface area contributed by atoms with Crippen molar-refractivity contribution in [2.75, 3.05) is 6.61 Å². The molecule has 0 radical (unpaired) electrons. The molecule has 0 aliphatic heterocycles. The Hall–Kier alpha value is -1.16. The van der Waals surface area contributed by atoms with Gasteiger partial charge in [-0.1, -0.05) is 12.1 Å². The molecule has 0 aliphatic carbocycles. The summed E-state index contributed by atoms with van der Waals surface area (Å²) in [5.74, 6) is -1.06. The fourth-order valence-electron chi connectivity index (χ4n) is 1.28. The molecule has 0 spiro atoms. The molecule has 1 rings (SSSR count). The Morgan fingerprint density at radius 2 is 2.19 bits per heavy atom. The Labute approximate surface area is 93.2 Å². The summed E-state index contributed by atoms with van der Waals surface area (Å²) in [5.41, 5.74) is 0.563. The number of hydrogen-bond acceptors (Lipinski definition) is 3. The number of rotatable bonds is 5. The smallest absolute Gasteiger partial charge is 0.335 e. The van der Waals surface area contributed by atoms with Gasteiger partial charge in [0.05, 0.1) is 18.3 Å². The molecule has 5 nitrogen and oxygen atoms in total. The van der Waals surface area contributed by atoms with Gasteiger partial charge in [0, 0.05) is 0 Å². The first-order valence-electron chi connectivity index (χ1n) is 4.73. The maximum atomic E-state index is 11.5. The van der Waals surface area contributed by atoms with E-state index in [2.05, 4.69) is 0 Å². The summed E-state index contributed by atoms with van der Waals surface area (Å²) in [7, 11) is -3.66. The molecule has 0 saturated heterocycles. The predicted octanol–water partition coefficient (Wildman–Crippen LogP) is 2.11. The van der Waals surface area contributed by atoms with Gasteiger partial charge in [-0.25, -0.2) is 4.79 Å². The molecular weight excluding hydrogens is 231 g/mol. The zero-order chi connectivity index (χ0) is 12.2. The normalized spacial score (nSPS) is 14.4. The van der Waals surface area contributed by atoms with E-state index in [4.69, 9.17) is 9.63 Å². The molecule has 1 aromatic carbocycles. The molecular formula is C10H13O5P. The standard InChI is InChI=1S/C10H13O5P/c1-2-15-16(13,14)7-8-4-3-5-9(6-8)10(11)12/h3-6H,2,7H2,1H3,(H,11,12)(H,13,14). The van der Waals surface area contributed by atoms with Crippen molar-refractivity contribution in [2.24, 2.45) is 0 Å². The first kappa shape index (κ1) is 12.9. The van der Waals surface area contributed by atoms with Crippen LogP contribution >= 0.6 is 7.60 Å². The summed E-state index contributed by atoms with van der Waals surface area (Å²) in [5, 5.41) is 8.75. The number of carbonyl (C=O) groups is 1. The van der Waals surface area contributed by atoms with E-state index in [0.717, 1.165) is 0 Å². The Kier molecular flexibility index (Phi) is 4.24. The van der Waals surface area contributed by atoms with Crippen molar-refractivity contribution in [2.45, 2.75) is 13.1 Å². The summed E-state index contributed by atoms with van der Waals surface area (Å²) in [6, 6.07) is 5.91. The fraction of sp³-hybridized carbons (Fsp3) is 0.300. The van der Waals surface area contributed by atoms with Gasteiger partial charge in [-0.15, -0.1) is 0 Å². The van der Waals surface area contributed by atoms with Gasteiger partial charge in [0.15, 0.2) is 0 Å². The van der Waals surface area contributed by atoms with Crippen LogP contribution < -0.4 is 0 Å². The molecule has 0 bridgehead atoms. The lowest BCUT2D eigenvalue weighted by molar-refractivity contribution is 0.0696. The topological polar surface area (TPSA) is 83.8 Å². The average Bonchev–Trinajstić information content (AvgIpc) is 2.17. The second-order valence-electron chi connectivity index (χ2n) is 3.22. The van der Waals surface area contributed by atoms with Crippen LogP contribution in [-0.4, -0.2) is 22.6 Å². The number of carboxylic acid groups (broad SMARTS) is 1. The number of benzene rings is 1. The van der Waals surface area contributed by atoms with Gasteiger partial charge in [0.25, 0.3) is 0 Å². The van der Waals surface area contributed by atoms with E-state index in [-0.39, 0.29) is 18.3 Å². The maximum Gasteiger partial charge on any atom is 0.335 e. The molecule has 0 aromatic heterocycles.